The van der Waals surface area contributed by atoms with Gasteiger partial charge in [0.05, 0.1) is 13.5 Å². The number of methoxy groups -OCH3 is 1. The van der Waals surface area contributed by atoms with Crippen molar-refractivity contribution in [2.45, 2.75) is 38.5 Å². The van der Waals surface area contributed by atoms with Crippen LogP contribution in [0.5, 0.6) is 0 Å². The van der Waals surface area contributed by atoms with Crippen LogP contribution >= 0.6 is 0 Å². The van der Waals surface area contributed by atoms with Crippen molar-refractivity contribution in [3.63, 3.8) is 0 Å². The zero-order valence-electron chi connectivity index (χ0n) is 10.3. The van der Waals surface area contributed by atoms with Crippen LogP contribution in [-0.2, 0) is 9.53 Å². The van der Waals surface area contributed by atoms with Crippen molar-refractivity contribution in [1.82, 2.24) is 10.6 Å². The van der Waals surface area contributed by atoms with E-state index in [0.717, 1.165) is 12.8 Å². The van der Waals surface area contributed by atoms with Gasteiger partial charge in [0.15, 0.2) is 0 Å². The average Bonchev–Trinajstić information content (AvgIpc) is 2.37. The van der Waals surface area contributed by atoms with Crippen LogP contribution in [0.25, 0.3) is 0 Å². The number of allylic oxidation sites excluding steroid dienone is 1. The largest absolute Gasteiger partial charge is 0.469 e. The molecule has 0 spiro atoms. The molecule has 0 atom stereocenters. The van der Waals surface area contributed by atoms with Gasteiger partial charge >= 0.3 is 12.0 Å². The summed E-state index contributed by atoms with van der Waals surface area (Å²) in [5.74, 6) is -0.323. The third-order valence-electron chi connectivity index (χ3n) is 2.75. The van der Waals surface area contributed by atoms with Crippen molar-refractivity contribution in [2.75, 3.05) is 13.7 Å². The zero-order valence-corrected chi connectivity index (χ0v) is 10.3. The lowest BCUT2D eigenvalue weighted by molar-refractivity contribution is -0.140. The fraction of sp³-hybridized carbons (Fsp3) is 0.667. The molecule has 2 amide bonds. The molecule has 0 aromatic carbocycles. The van der Waals surface area contributed by atoms with Crippen molar-refractivity contribution < 1.29 is 14.3 Å². The second kappa shape index (κ2) is 7.70. The number of amides is 2. The number of carbonyl (C=O) groups is 2. The molecule has 0 aromatic rings. The third-order valence-corrected chi connectivity index (χ3v) is 2.75. The molecule has 0 heterocycles. The highest BCUT2D eigenvalue weighted by Gasteiger charge is 2.06. The standard InChI is InChI=1S/C12H20N2O3/c1-17-11(15)7-8-13-12(16)14-9-10-5-3-2-4-6-10/h9H,2-8H2,1H3,(H2,13,14,16). The molecule has 1 aliphatic carbocycles. The smallest absolute Gasteiger partial charge is 0.318 e. The fourth-order valence-corrected chi connectivity index (χ4v) is 1.75. The second-order valence-corrected chi connectivity index (χ2v) is 4.09. The Labute approximate surface area is 102 Å². The van der Waals surface area contributed by atoms with E-state index in [2.05, 4.69) is 15.4 Å². The molecule has 1 saturated carbocycles. The highest BCUT2D eigenvalue weighted by atomic mass is 16.5. The van der Waals surface area contributed by atoms with E-state index >= 15 is 0 Å². The Bertz CT molecular complexity index is 292. The van der Waals surface area contributed by atoms with E-state index < -0.39 is 0 Å². The Hall–Kier alpha value is -1.52. The molecule has 5 heteroatoms. The molecule has 0 aliphatic heterocycles. The molecule has 5 nitrogen and oxygen atoms in total. The number of urea groups is 1. The SMILES string of the molecule is COC(=O)CCNC(=O)NC=C1CCCCC1. The first kappa shape index (κ1) is 13.5. The van der Waals surface area contributed by atoms with Crippen molar-refractivity contribution in [2.24, 2.45) is 0 Å². The average molecular weight is 240 g/mol. The molecule has 1 rings (SSSR count). The Morgan fingerprint density at radius 1 is 1.29 bits per heavy atom. The van der Waals surface area contributed by atoms with E-state index in [-0.39, 0.29) is 18.4 Å². The van der Waals surface area contributed by atoms with Crippen LogP contribution in [0.15, 0.2) is 11.8 Å². The van der Waals surface area contributed by atoms with Gasteiger partial charge in [0.2, 0.25) is 0 Å². The lowest BCUT2D eigenvalue weighted by atomic mass is 9.96. The van der Waals surface area contributed by atoms with Gasteiger partial charge in [-0.2, -0.15) is 0 Å². The predicted molar refractivity (Wildman–Crippen MR) is 64.3 cm³/mol. The zero-order chi connectivity index (χ0) is 12.5. The van der Waals surface area contributed by atoms with E-state index in [1.54, 1.807) is 6.20 Å². The molecule has 0 saturated heterocycles. The van der Waals surface area contributed by atoms with Gasteiger partial charge in [0.25, 0.3) is 0 Å². The first-order valence-electron chi connectivity index (χ1n) is 6.01. The number of ether oxygens (including phenoxy) is 1. The van der Waals surface area contributed by atoms with E-state index in [4.69, 9.17) is 0 Å². The maximum absolute atomic E-state index is 11.3. The number of hydrogen-bond donors (Lipinski definition) is 2. The van der Waals surface area contributed by atoms with E-state index in [9.17, 15) is 9.59 Å². The lowest BCUT2D eigenvalue weighted by Crippen LogP contribution is -2.34. The van der Waals surface area contributed by atoms with Crippen molar-refractivity contribution >= 4 is 12.0 Å². The van der Waals surface area contributed by atoms with Crippen LogP contribution in [0.3, 0.4) is 0 Å². The molecule has 0 radical (unpaired) electrons. The van der Waals surface area contributed by atoms with Gasteiger partial charge in [-0.05, 0) is 25.7 Å². The summed E-state index contributed by atoms with van der Waals surface area (Å²) >= 11 is 0. The summed E-state index contributed by atoms with van der Waals surface area (Å²) in [7, 11) is 1.33. The molecule has 1 fully saturated rings. The molecule has 1 aliphatic rings. The monoisotopic (exact) mass is 240 g/mol. The Kier molecular flexibility index (Phi) is 6.14. The minimum Gasteiger partial charge on any atom is -0.469 e. The van der Waals surface area contributed by atoms with Crippen molar-refractivity contribution in [3.05, 3.63) is 11.8 Å². The number of rotatable bonds is 4. The highest BCUT2D eigenvalue weighted by molar-refractivity contribution is 5.76. The van der Waals surface area contributed by atoms with Crippen LogP contribution in [0.4, 0.5) is 4.79 Å². The van der Waals surface area contributed by atoms with Crippen LogP contribution in [0.1, 0.15) is 38.5 Å². The van der Waals surface area contributed by atoms with Crippen LogP contribution in [-0.4, -0.2) is 25.7 Å². The Morgan fingerprint density at radius 3 is 2.65 bits per heavy atom. The summed E-state index contributed by atoms with van der Waals surface area (Å²) < 4.78 is 4.46. The van der Waals surface area contributed by atoms with Crippen molar-refractivity contribution in [3.8, 4) is 0 Å². The molecule has 0 bridgehead atoms. The normalized spacial score (nSPS) is 15.0. The van der Waals surface area contributed by atoms with Crippen LogP contribution in [0.2, 0.25) is 0 Å². The maximum atomic E-state index is 11.3. The van der Waals surface area contributed by atoms with E-state index in [1.807, 2.05) is 0 Å². The Balaban J connectivity index is 2.14. The molecular formula is C12H20N2O3. The first-order valence-corrected chi connectivity index (χ1v) is 6.01. The molecule has 0 aromatic heterocycles. The third kappa shape index (κ3) is 5.94. The van der Waals surface area contributed by atoms with Crippen molar-refractivity contribution in [1.29, 1.82) is 0 Å². The quantitative estimate of drug-likeness (QED) is 0.735. The maximum Gasteiger partial charge on any atom is 0.318 e. The Morgan fingerprint density at radius 2 is 2.00 bits per heavy atom. The molecule has 0 unspecified atom stereocenters. The van der Waals surface area contributed by atoms with Gasteiger partial charge in [-0.3, -0.25) is 4.79 Å². The summed E-state index contributed by atoms with van der Waals surface area (Å²) in [6.45, 7) is 0.293. The topological polar surface area (TPSA) is 67.4 Å². The van der Waals surface area contributed by atoms with Crippen LogP contribution in [0, 0.1) is 0 Å². The molecule has 96 valence electrons. The lowest BCUT2D eigenvalue weighted by Gasteiger charge is -2.13. The van der Waals surface area contributed by atoms with Gasteiger partial charge in [-0.15, -0.1) is 0 Å². The van der Waals surface area contributed by atoms with Crippen LogP contribution < -0.4 is 10.6 Å². The summed E-state index contributed by atoms with van der Waals surface area (Å²) in [5, 5.41) is 5.27. The number of carbonyl (C=O) groups excluding carboxylic acids is 2. The van der Waals surface area contributed by atoms with Gasteiger partial charge in [0.1, 0.15) is 0 Å². The van der Waals surface area contributed by atoms with E-state index in [1.165, 1.54) is 31.9 Å². The summed E-state index contributed by atoms with van der Waals surface area (Å²) in [6, 6.07) is -0.271. The number of nitrogens with one attached hydrogen (secondary N) is 2. The predicted octanol–water partition coefficient (Wildman–Crippen LogP) is 1.70. The van der Waals surface area contributed by atoms with E-state index in [0.29, 0.717) is 6.54 Å². The summed E-state index contributed by atoms with van der Waals surface area (Å²) in [6.07, 6.45) is 7.82. The first-order chi connectivity index (χ1) is 8.22. The molecule has 17 heavy (non-hydrogen) atoms. The minimum absolute atomic E-state index is 0.195. The summed E-state index contributed by atoms with van der Waals surface area (Å²) in [4.78, 5) is 22.1. The molecule has 2 N–H and O–H groups in total. The molecular weight excluding hydrogens is 220 g/mol. The second-order valence-electron chi connectivity index (χ2n) is 4.09. The minimum atomic E-state index is -0.323. The number of hydrogen-bond acceptors (Lipinski definition) is 3. The van der Waals surface area contributed by atoms with Gasteiger partial charge in [-0.1, -0.05) is 12.0 Å². The highest BCUT2D eigenvalue weighted by Crippen LogP contribution is 2.21. The van der Waals surface area contributed by atoms with Gasteiger partial charge < -0.3 is 15.4 Å². The van der Waals surface area contributed by atoms with Gasteiger partial charge in [-0.25, -0.2) is 4.79 Å². The fourth-order valence-electron chi connectivity index (χ4n) is 1.75. The summed E-state index contributed by atoms with van der Waals surface area (Å²) in [5.41, 5.74) is 1.29. The van der Waals surface area contributed by atoms with Gasteiger partial charge in [0, 0.05) is 12.7 Å². The number of esters is 1.